The Balaban J connectivity index is 1.94. The van der Waals surface area contributed by atoms with Crippen molar-refractivity contribution in [3.63, 3.8) is 0 Å². The molecule has 5 heteroatoms. The van der Waals surface area contributed by atoms with Gasteiger partial charge in [0.15, 0.2) is 5.79 Å². The second-order valence-corrected chi connectivity index (χ2v) is 8.50. The van der Waals surface area contributed by atoms with E-state index in [1.54, 1.807) is 26.8 Å². The first-order valence-electron chi connectivity index (χ1n) is 10.2. The van der Waals surface area contributed by atoms with E-state index >= 15 is 0 Å². The van der Waals surface area contributed by atoms with E-state index in [1.807, 2.05) is 25.1 Å². The molecule has 0 aromatic heterocycles. The summed E-state index contributed by atoms with van der Waals surface area (Å²) in [6, 6.07) is 9.36. The number of benzene rings is 2. The Hall–Kier alpha value is -2.50. The fourth-order valence-electron chi connectivity index (χ4n) is 4.04. The summed E-state index contributed by atoms with van der Waals surface area (Å²) >= 11 is 0. The van der Waals surface area contributed by atoms with Crippen LogP contribution in [0.25, 0.3) is 17.2 Å². The Kier molecular flexibility index (Phi) is 6.44. The summed E-state index contributed by atoms with van der Waals surface area (Å²) < 4.78 is 25.5. The first-order valence-corrected chi connectivity index (χ1v) is 10.2. The van der Waals surface area contributed by atoms with Gasteiger partial charge in [0.25, 0.3) is 0 Å². The van der Waals surface area contributed by atoms with E-state index < -0.39 is 17.9 Å². The van der Waals surface area contributed by atoms with Crippen LogP contribution in [0.15, 0.2) is 36.4 Å². The maximum Gasteiger partial charge on any atom is 0.305 e. The van der Waals surface area contributed by atoms with Crippen molar-refractivity contribution >= 4 is 12.0 Å². The molecule has 1 N–H and O–H groups in total. The van der Waals surface area contributed by atoms with Gasteiger partial charge in [-0.05, 0) is 74.6 Å². The largest absolute Gasteiger partial charge is 0.481 e. The summed E-state index contributed by atoms with van der Waals surface area (Å²) in [6.07, 6.45) is 3.74. The third-order valence-electron chi connectivity index (χ3n) is 5.26. The monoisotopic (exact) mass is 412 g/mol. The highest BCUT2D eigenvalue weighted by atomic mass is 19.1. The van der Waals surface area contributed by atoms with Gasteiger partial charge in [0.05, 0.1) is 18.6 Å². The molecule has 0 spiro atoms. The number of carboxylic acids is 1. The van der Waals surface area contributed by atoms with Crippen molar-refractivity contribution in [2.75, 3.05) is 0 Å². The molecule has 2 aromatic rings. The summed E-state index contributed by atoms with van der Waals surface area (Å²) in [5.41, 5.74) is 5.86. The number of hydrogen-bond acceptors (Lipinski definition) is 3. The van der Waals surface area contributed by atoms with E-state index in [2.05, 4.69) is 19.1 Å². The van der Waals surface area contributed by atoms with Gasteiger partial charge in [0.1, 0.15) is 5.82 Å². The second-order valence-electron chi connectivity index (χ2n) is 8.50. The quantitative estimate of drug-likeness (QED) is 0.673. The summed E-state index contributed by atoms with van der Waals surface area (Å²) in [7, 11) is 0. The summed E-state index contributed by atoms with van der Waals surface area (Å²) in [6.45, 7) is 9.45. The molecule has 2 atom stereocenters. The molecule has 0 radical (unpaired) electrons. The highest BCUT2D eigenvalue weighted by Crippen LogP contribution is 2.33. The van der Waals surface area contributed by atoms with Gasteiger partial charge >= 0.3 is 5.97 Å². The molecule has 1 saturated heterocycles. The molecule has 2 aromatic carbocycles. The first-order chi connectivity index (χ1) is 14.0. The van der Waals surface area contributed by atoms with Crippen molar-refractivity contribution in [2.45, 2.75) is 65.5 Å². The lowest BCUT2D eigenvalue weighted by Crippen LogP contribution is -2.44. The van der Waals surface area contributed by atoms with E-state index in [1.165, 1.54) is 6.07 Å². The Morgan fingerprint density at radius 1 is 1.17 bits per heavy atom. The average molecular weight is 413 g/mol. The molecule has 4 nitrogen and oxygen atoms in total. The number of carbonyl (C=O) groups is 1. The minimum Gasteiger partial charge on any atom is -0.481 e. The van der Waals surface area contributed by atoms with Crippen molar-refractivity contribution in [3.8, 4) is 11.1 Å². The van der Waals surface area contributed by atoms with Crippen LogP contribution in [-0.4, -0.2) is 29.1 Å². The van der Waals surface area contributed by atoms with E-state index in [0.717, 1.165) is 27.8 Å². The normalized spacial score (nSPS) is 21.1. The number of rotatable bonds is 5. The SMILES string of the molecule is Cc1cc(C)c(C=C[C@@H]2CC(CC(=O)O)OC(C)(C)O2)c(-c2ccc(F)c(C)c2)c1. The highest BCUT2D eigenvalue weighted by molar-refractivity contribution is 5.78. The van der Waals surface area contributed by atoms with Gasteiger partial charge in [0, 0.05) is 6.42 Å². The van der Waals surface area contributed by atoms with Crippen LogP contribution in [0.1, 0.15) is 48.9 Å². The standard InChI is InChI=1S/C25H29FO4/c1-15-10-16(2)21(22(11-15)18-6-9-23(26)17(3)12-18)8-7-19-13-20(14-24(27)28)30-25(4,5)29-19/h6-12,19-20H,13-14H2,1-5H3,(H,27,28)/t19-,20?/m1/s1. The van der Waals surface area contributed by atoms with Crippen molar-refractivity contribution < 1.29 is 23.8 Å². The van der Waals surface area contributed by atoms with Crippen molar-refractivity contribution in [3.05, 3.63) is 64.5 Å². The van der Waals surface area contributed by atoms with E-state index in [4.69, 9.17) is 14.6 Å². The lowest BCUT2D eigenvalue weighted by molar-refractivity contribution is -0.290. The van der Waals surface area contributed by atoms with Crippen LogP contribution in [0.3, 0.4) is 0 Å². The molecular weight excluding hydrogens is 383 g/mol. The molecule has 0 saturated carbocycles. The molecule has 1 heterocycles. The third-order valence-corrected chi connectivity index (χ3v) is 5.26. The topological polar surface area (TPSA) is 55.8 Å². The molecule has 0 bridgehead atoms. The number of aliphatic carboxylic acids is 1. The Morgan fingerprint density at radius 3 is 2.57 bits per heavy atom. The molecule has 3 rings (SSSR count). The first kappa shape index (κ1) is 22.2. The zero-order chi connectivity index (χ0) is 22.1. The van der Waals surface area contributed by atoms with Gasteiger partial charge in [-0.3, -0.25) is 4.79 Å². The fourth-order valence-corrected chi connectivity index (χ4v) is 4.04. The lowest BCUT2D eigenvalue weighted by atomic mass is 9.92. The number of hydrogen-bond donors (Lipinski definition) is 1. The molecule has 1 aliphatic rings. The maximum atomic E-state index is 13.8. The Labute approximate surface area is 177 Å². The van der Waals surface area contributed by atoms with Gasteiger partial charge in [-0.1, -0.05) is 35.9 Å². The number of carboxylic acid groups (broad SMARTS) is 1. The van der Waals surface area contributed by atoms with Crippen molar-refractivity contribution in [1.82, 2.24) is 0 Å². The molecule has 1 aliphatic heterocycles. The molecule has 1 fully saturated rings. The van der Waals surface area contributed by atoms with Gasteiger partial charge < -0.3 is 14.6 Å². The van der Waals surface area contributed by atoms with Crippen LogP contribution in [0.4, 0.5) is 4.39 Å². The molecule has 30 heavy (non-hydrogen) atoms. The van der Waals surface area contributed by atoms with Crippen molar-refractivity contribution in [2.24, 2.45) is 0 Å². The Bertz CT molecular complexity index is 977. The average Bonchev–Trinajstić information content (AvgIpc) is 2.60. The van der Waals surface area contributed by atoms with E-state index in [0.29, 0.717) is 12.0 Å². The van der Waals surface area contributed by atoms with Crippen LogP contribution in [0.2, 0.25) is 0 Å². The molecule has 1 unspecified atom stereocenters. The summed E-state index contributed by atoms with van der Waals surface area (Å²) in [5, 5.41) is 9.13. The lowest BCUT2D eigenvalue weighted by Gasteiger charge is -2.39. The van der Waals surface area contributed by atoms with Gasteiger partial charge in [-0.2, -0.15) is 0 Å². The maximum absolute atomic E-state index is 13.8. The molecular formula is C25H29FO4. The van der Waals surface area contributed by atoms with Crippen LogP contribution in [-0.2, 0) is 14.3 Å². The predicted octanol–water partition coefficient (Wildman–Crippen LogP) is 5.82. The van der Waals surface area contributed by atoms with Crippen LogP contribution >= 0.6 is 0 Å². The molecule has 0 amide bonds. The predicted molar refractivity (Wildman–Crippen MR) is 116 cm³/mol. The van der Waals surface area contributed by atoms with E-state index in [9.17, 15) is 9.18 Å². The van der Waals surface area contributed by atoms with Crippen molar-refractivity contribution in [1.29, 1.82) is 0 Å². The number of aryl methyl sites for hydroxylation is 3. The van der Waals surface area contributed by atoms with Crippen LogP contribution in [0, 0.1) is 26.6 Å². The van der Waals surface area contributed by atoms with Crippen LogP contribution < -0.4 is 0 Å². The van der Waals surface area contributed by atoms with Gasteiger partial charge in [-0.25, -0.2) is 4.39 Å². The number of halogens is 1. The van der Waals surface area contributed by atoms with E-state index in [-0.39, 0.29) is 18.3 Å². The number of ether oxygens (including phenoxy) is 2. The third kappa shape index (κ3) is 5.35. The van der Waals surface area contributed by atoms with Crippen LogP contribution in [0.5, 0.6) is 0 Å². The zero-order valence-electron chi connectivity index (χ0n) is 18.2. The zero-order valence-corrected chi connectivity index (χ0v) is 18.2. The summed E-state index contributed by atoms with van der Waals surface area (Å²) in [4.78, 5) is 11.1. The second kappa shape index (κ2) is 8.70. The molecule has 0 aliphatic carbocycles. The summed E-state index contributed by atoms with van der Waals surface area (Å²) in [5.74, 6) is -1.96. The molecule has 160 valence electrons. The Morgan fingerprint density at radius 2 is 1.90 bits per heavy atom. The smallest absolute Gasteiger partial charge is 0.305 e. The fraction of sp³-hybridized carbons (Fsp3) is 0.400. The minimum atomic E-state index is -0.885. The van der Waals surface area contributed by atoms with Gasteiger partial charge in [-0.15, -0.1) is 0 Å². The van der Waals surface area contributed by atoms with Gasteiger partial charge in [0.2, 0.25) is 0 Å². The highest BCUT2D eigenvalue weighted by Gasteiger charge is 2.35. The minimum absolute atomic E-state index is 0.0548.